The standard InChI is InChI=1S/C16H24N2O/c1-12-6-9-16(19-11-13-4-2-3-5-13)15(18-12)10-17-14-7-8-14/h6,9,13-14,17H,2-5,7-8,10-11H2,1H3. The maximum absolute atomic E-state index is 6.03. The van der Waals surface area contributed by atoms with Crippen molar-refractivity contribution >= 4 is 0 Å². The van der Waals surface area contributed by atoms with E-state index in [4.69, 9.17) is 4.74 Å². The van der Waals surface area contributed by atoms with Crippen molar-refractivity contribution in [3.63, 3.8) is 0 Å². The van der Waals surface area contributed by atoms with Crippen molar-refractivity contribution in [3.8, 4) is 5.75 Å². The van der Waals surface area contributed by atoms with Crippen molar-refractivity contribution < 1.29 is 4.74 Å². The first-order valence-corrected chi connectivity index (χ1v) is 7.64. The first-order valence-electron chi connectivity index (χ1n) is 7.64. The van der Waals surface area contributed by atoms with E-state index in [9.17, 15) is 0 Å². The highest BCUT2D eigenvalue weighted by molar-refractivity contribution is 5.29. The lowest BCUT2D eigenvalue weighted by molar-refractivity contribution is 0.248. The topological polar surface area (TPSA) is 34.1 Å². The molecule has 0 atom stereocenters. The molecule has 3 heteroatoms. The van der Waals surface area contributed by atoms with E-state index in [2.05, 4.69) is 16.4 Å². The number of nitrogens with zero attached hydrogens (tertiary/aromatic N) is 1. The second-order valence-electron chi connectivity index (χ2n) is 6.01. The van der Waals surface area contributed by atoms with E-state index in [1.54, 1.807) is 0 Å². The van der Waals surface area contributed by atoms with Crippen LogP contribution in [0.25, 0.3) is 0 Å². The highest BCUT2D eigenvalue weighted by Crippen LogP contribution is 2.27. The summed E-state index contributed by atoms with van der Waals surface area (Å²) in [7, 11) is 0. The fourth-order valence-corrected chi connectivity index (χ4v) is 2.77. The van der Waals surface area contributed by atoms with Gasteiger partial charge < -0.3 is 10.1 Å². The molecule has 0 spiro atoms. The van der Waals surface area contributed by atoms with E-state index in [0.29, 0.717) is 6.04 Å². The van der Waals surface area contributed by atoms with Crippen molar-refractivity contribution in [1.82, 2.24) is 10.3 Å². The molecule has 1 aromatic heterocycles. The minimum absolute atomic E-state index is 0.713. The normalized spacial score (nSPS) is 19.8. The maximum atomic E-state index is 6.03. The molecular weight excluding hydrogens is 236 g/mol. The lowest BCUT2D eigenvalue weighted by Crippen LogP contribution is -2.18. The highest BCUT2D eigenvalue weighted by atomic mass is 16.5. The number of aromatic nitrogens is 1. The molecule has 0 amide bonds. The van der Waals surface area contributed by atoms with Crippen LogP contribution in [0.3, 0.4) is 0 Å². The molecule has 1 aromatic rings. The average Bonchev–Trinajstić information content (AvgIpc) is 3.10. The molecule has 2 saturated carbocycles. The number of ether oxygens (including phenoxy) is 1. The number of hydrogen-bond acceptors (Lipinski definition) is 3. The summed E-state index contributed by atoms with van der Waals surface area (Å²) < 4.78 is 6.03. The predicted molar refractivity (Wildman–Crippen MR) is 76.3 cm³/mol. The van der Waals surface area contributed by atoms with Gasteiger partial charge in [0.05, 0.1) is 12.3 Å². The summed E-state index contributed by atoms with van der Waals surface area (Å²) in [5.74, 6) is 1.73. The molecule has 0 unspecified atom stereocenters. The zero-order chi connectivity index (χ0) is 13.1. The third-order valence-corrected chi connectivity index (χ3v) is 4.16. The summed E-state index contributed by atoms with van der Waals surface area (Å²) in [4.78, 5) is 4.63. The number of nitrogens with one attached hydrogen (secondary N) is 1. The van der Waals surface area contributed by atoms with Crippen LogP contribution in [0.5, 0.6) is 5.75 Å². The summed E-state index contributed by atoms with van der Waals surface area (Å²) in [6.07, 6.45) is 8.02. The number of aryl methyl sites for hydroxylation is 1. The zero-order valence-corrected chi connectivity index (χ0v) is 11.8. The molecule has 3 nitrogen and oxygen atoms in total. The fraction of sp³-hybridized carbons (Fsp3) is 0.688. The smallest absolute Gasteiger partial charge is 0.142 e. The highest BCUT2D eigenvalue weighted by Gasteiger charge is 2.21. The Morgan fingerprint density at radius 1 is 1.21 bits per heavy atom. The van der Waals surface area contributed by atoms with Gasteiger partial charge in [0.1, 0.15) is 5.75 Å². The van der Waals surface area contributed by atoms with Crippen molar-refractivity contribution in [3.05, 3.63) is 23.5 Å². The van der Waals surface area contributed by atoms with E-state index in [1.807, 2.05) is 13.0 Å². The molecule has 3 rings (SSSR count). The quantitative estimate of drug-likeness (QED) is 0.853. The second-order valence-corrected chi connectivity index (χ2v) is 6.01. The molecule has 1 heterocycles. The Balaban J connectivity index is 1.60. The Labute approximate surface area is 115 Å². The van der Waals surface area contributed by atoms with Gasteiger partial charge in [-0.15, -0.1) is 0 Å². The van der Waals surface area contributed by atoms with Crippen LogP contribution in [0.15, 0.2) is 12.1 Å². The van der Waals surface area contributed by atoms with Gasteiger partial charge in [-0.1, -0.05) is 12.8 Å². The molecular formula is C16H24N2O. The maximum Gasteiger partial charge on any atom is 0.142 e. The van der Waals surface area contributed by atoms with Gasteiger partial charge in [0.25, 0.3) is 0 Å². The molecule has 2 fully saturated rings. The van der Waals surface area contributed by atoms with Gasteiger partial charge in [-0.25, -0.2) is 0 Å². The molecule has 0 radical (unpaired) electrons. The molecule has 2 aliphatic rings. The summed E-state index contributed by atoms with van der Waals surface area (Å²) in [6, 6.07) is 4.84. The van der Waals surface area contributed by atoms with Crippen molar-refractivity contribution in [2.45, 2.75) is 58.0 Å². The van der Waals surface area contributed by atoms with Crippen LogP contribution < -0.4 is 10.1 Å². The molecule has 19 heavy (non-hydrogen) atoms. The Kier molecular flexibility index (Phi) is 4.02. The average molecular weight is 260 g/mol. The molecule has 104 valence electrons. The predicted octanol–water partition coefficient (Wildman–Crippen LogP) is 3.21. The minimum Gasteiger partial charge on any atom is -0.491 e. The largest absolute Gasteiger partial charge is 0.491 e. The van der Waals surface area contributed by atoms with Gasteiger partial charge >= 0.3 is 0 Å². The third kappa shape index (κ3) is 3.69. The van der Waals surface area contributed by atoms with Gasteiger partial charge in [-0.2, -0.15) is 0 Å². The molecule has 0 aromatic carbocycles. The molecule has 0 saturated heterocycles. The number of hydrogen-bond donors (Lipinski definition) is 1. The van der Waals surface area contributed by atoms with Crippen LogP contribution in [-0.2, 0) is 6.54 Å². The minimum atomic E-state index is 0.713. The monoisotopic (exact) mass is 260 g/mol. The fourth-order valence-electron chi connectivity index (χ4n) is 2.77. The Morgan fingerprint density at radius 3 is 2.74 bits per heavy atom. The van der Waals surface area contributed by atoms with Crippen molar-refractivity contribution in [2.24, 2.45) is 5.92 Å². The van der Waals surface area contributed by atoms with E-state index in [-0.39, 0.29) is 0 Å². The lowest BCUT2D eigenvalue weighted by atomic mass is 10.1. The van der Waals surface area contributed by atoms with Gasteiger partial charge in [-0.05, 0) is 50.7 Å². The molecule has 1 N–H and O–H groups in total. The van der Waals surface area contributed by atoms with E-state index in [0.717, 1.165) is 36.2 Å². The third-order valence-electron chi connectivity index (χ3n) is 4.16. The second kappa shape index (κ2) is 5.91. The van der Waals surface area contributed by atoms with E-state index >= 15 is 0 Å². The van der Waals surface area contributed by atoms with Crippen LogP contribution in [-0.4, -0.2) is 17.6 Å². The van der Waals surface area contributed by atoms with E-state index < -0.39 is 0 Å². The first-order chi connectivity index (χ1) is 9.31. The Bertz CT molecular complexity index is 423. The molecule has 0 bridgehead atoms. The zero-order valence-electron chi connectivity index (χ0n) is 11.8. The number of pyridine rings is 1. The van der Waals surface area contributed by atoms with Crippen LogP contribution in [0.4, 0.5) is 0 Å². The molecule has 2 aliphatic carbocycles. The van der Waals surface area contributed by atoms with Crippen LogP contribution in [0.2, 0.25) is 0 Å². The Hall–Kier alpha value is -1.09. The van der Waals surface area contributed by atoms with Gasteiger partial charge in [-0.3, -0.25) is 4.98 Å². The van der Waals surface area contributed by atoms with Gasteiger partial charge in [0.15, 0.2) is 0 Å². The van der Waals surface area contributed by atoms with Gasteiger partial charge in [0, 0.05) is 18.3 Å². The van der Waals surface area contributed by atoms with E-state index in [1.165, 1.54) is 38.5 Å². The lowest BCUT2D eigenvalue weighted by Gasteiger charge is -2.15. The molecule has 0 aliphatic heterocycles. The summed E-state index contributed by atoms with van der Waals surface area (Å²) >= 11 is 0. The summed E-state index contributed by atoms with van der Waals surface area (Å²) in [5.41, 5.74) is 2.14. The van der Waals surface area contributed by atoms with Crippen LogP contribution in [0.1, 0.15) is 49.9 Å². The van der Waals surface area contributed by atoms with Crippen LogP contribution >= 0.6 is 0 Å². The van der Waals surface area contributed by atoms with Crippen molar-refractivity contribution in [2.75, 3.05) is 6.61 Å². The first kappa shape index (κ1) is 12.9. The summed E-state index contributed by atoms with van der Waals surface area (Å²) in [5, 5.41) is 3.53. The Morgan fingerprint density at radius 2 is 2.00 bits per heavy atom. The SMILES string of the molecule is Cc1ccc(OCC2CCCC2)c(CNC2CC2)n1. The van der Waals surface area contributed by atoms with Crippen molar-refractivity contribution in [1.29, 1.82) is 0 Å². The van der Waals surface area contributed by atoms with Crippen LogP contribution in [0, 0.1) is 12.8 Å². The number of rotatable bonds is 6. The summed E-state index contributed by atoms with van der Waals surface area (Å²) in [6.45, 7) is 3.74. The van der Waals surface area contributed by atoms with Gasteiger partial charge in [0.2, 0.25) is 0 Å².